The molecule has 0 radical (unpaired) electrons. The zero-order valence-corrected chi connectivity index (χ0v) is 16.3. The number of hydrogen-bond acceptors (Lipinski definition) is 8. The zero-order valence-electron chi connectivity index (χ0n) is 16.3. The van der Waals surface area contributed by atoms with Crippen molar-refractivity contribution in [2.45, 2.75) is 13.3 Å². The Hall–Kier alpha value is -3.36. The van der Waals surface area contributed by atoms with Crippen LogP contribution in [0.5, 0.6) is 0 Å². The van der Waals surface area contributed by atoms with Gasteiger partial charge in [0.1, 0.15) is 11.5 Å². The summed E-state index contributed by atoms with van der Waals surface area (Å²) in [7, 11) is 0. The minimum Gasteiger partial charge on any atom is -0.462 e. The van der Waals surface area contributed by atoms with E-state index >= 15 is 0 Å². The van der Waals surface area contributed by atoms with Crippen molar-refractivity contribution in [1.29, 1.82) is 0 Å². The van der Waals surface area contributed by atoms with E-state index in [9.17, 15) is 14.9 Å². The third-order valence-corrected chi connectivity index (χ3v) is 5.33. The first-order valence-corrected chi connectivity index (χ1v) is 9.75. The highest BCUT2D eigenvalue weighted by Crippen LogP contribution is 2.40. The van der Waals surface area contributed by atoms with Crippen molar-refractivity contribution in [1.82, 2.24) is 4.98 Å². The molecule has 1 N–H and O–H groups in total. The second-order valence-electron chi connectivity index (χ2n) is 6.99. The highest BCUT2D eigenvalue weighted by molar-refractivity contribution is 5.89. The number of fused-ring (bicyclic) bond motifs is 1. The summed E-state index contributed by atoms with van der Waals surface area (Å²) < 4.78 is 4.98. The van der Waals surface area contributed by atoms with Crippen LogP contribution in [0, 0.1) is 10.1 Å². The van der Waals surface area contributed by atoms with Gasteiger partial charge in [-0.1, -0.05) is 0 Å². The number of pyridine rings is 1. The van der Waals surface area contributed by atoms with E-state index < -0.39 is 0 Å². The summed E-state index contributed by atoms with van der Waals surface area (Å²) in [5, 5.41) is 14.9. The van der Waals surface area contributed by atoms with Gasteiger partial charge in [-0.15, -0.1) is 0 Å². The van der Waals surface area contributed by atoms with E-state index in [1.165, 1.54) is 6.20 Å². The molecule has 1 saturated heterocycles. The van der Waals surface area contributed by atoms with Crippen molar-refractivity contribution >= 4 is 28.8 Å². The van der Waals surface area contributed by atoms with Crippen LogP contribution >= 0.6 is 0 Å². The molecule has 2 aliphatic heterocycles. The topological polar surface area (TPSA) is 101 Å². The van der Waals surface area contributed by atoms with Crippen LogP contribution in [0.2, 0.25) is 0 Å². The largest absolute Gasteiger partial charge is 0.462 e. The normalized spacial score (nSPS) is 15.6. The van der Waals surface area contributed by atoms with Crippen LogP contribution in [0.4, 0.5) is 22.9 Å². The summed E-state index contributed by atoms with van der Waals surface area (Å²) in [6.07, 6.45) is 2.32. The lowest BCUT2D eigenvalue weighted by atomic mass is 10.1. The fourth-order valence-corrected chi connectivity index (χ4v) is 3.93. The first-order chi connectivity index (χ1) is 14.1. The van der Waals surface area contributed by atoms with Crippen LogP contribution in [0.25, 0.3) is 0 Å². The average Bonchev–Trinajstić information content (AvgIpc) is 3.22. The summed E-state index contributed by atoms with van der Waals surface area (Å²) in [5.41, 5.74) is 3.35. The Morgan fingerprint density at radius 2 is 1.97 bits per heavy atom. The molecule has 1 aromatic heterocycles. The number of rotatable bonds is 5. The number of ether oxygens (including phenoxy) is 1. The van der Waals surface area contributed by atoms with Gasteiger partial charge in [-0.2, -0.15) is 0 Å². The molecular weight excluding hydrogens is 374 g/mol. The second-order valence-corrected chi connectivity index (χ2v) is 6.99. The van der Waals surface area contributed by atoms with Gasteiger partial charge < -0.3 is 19.9 Å². The molecule has 0 saturated carbocycles. The summed E-state index contributed by atoms with van der Waals surface area (Å²) >= 11 is 0. The van der Waals surface area contributed by atoms with Gasteiger partial charge in [0.2, 0.25) is 0 Å². The monoisotopic (exact) mass is 397 g/mol. The number of benzene rings is 1. The predicted molar refractivity (Wildman–Crippen MR) is 110 cm³/mol. The van der Waals surface area contributed by atoms with Gasteiger partial charge in [-0.3, -0.25) is 10.1 Å². The summed E-state index contributed by atoms with van der Waals surface area (Å²) in [4.78, 5) is 31.7. The van der Waals surface area contributed by atoms with E-state index in [-0.39, 0.29) is 16.6 Å². The Morgan fingerprint density at radius 3 is 2.62 bits per heavy atom. The molecule has 0 bridgehead atoms. The van der Waals surface area contributed by atoms with Crippen LogP contribution in [0.1, 0.15) is 22.8 Å². The minimum atomic E-state index is -0.379. The van der Waals surface area contributed by atoms with Gasteiger partial charge in [0, 0.05) is 56.2 Å². The fourth-order valence-electron chi connectivity index (χ4n) is 3.93. The van der Waals surface area contributed by atoms with Gasteiger partial charge in [0.25, 0.3) is 5.69 Å². The van der Waals surface area contributed by atoms with Crippen molar-refractivity contribution in [3.63, 3.8) is 0 Å². The van der Waals surface area contributed by atoms with E-state index in [0.717, 1.165) is 35.7 Å². The molecule has 0 atom stereocenters. The number of anilines is 3. The lowest BCUT2D eigenvalue weighted by molar-refractivity contribution is -0.384. The van der Waals surface area contributed by atoms with Gasteiger partial charge >= 0.3 is 5.97 Å². The molecule has 3 heterocycles. The molecule has 152 valence electrons. The van der Waals surface area contributed by atoms with Gasteiger partial charge in [0.15, 0.2) is 0 Å². The molecule has 9 nitrogen and oxygen atoms in total. The molecule has 1 aromatic carbocycles. The highest BCUT2D eigenvalue weighted by atomic mass is 16.6. The molecule has 2 aliphatic rings. The number of aromatic nitrogens is 1. The Balaban J connectivity index is 1.49. The number of carbonyl (C=O) groups is 1. The fraction of sp³-hybridized carbons (Fsp3) is 0.400. The first kappa shape index (κ1) is 19.0. The summed E-state index contributed by atoms with van der Waals surface area (Å²) in [6.45, 7) is 5.62. The number of carbonyl (C=O) groups excluding carboxylic acids is 1. The van der Waals surface area contributed by atoms with E-state index in [4.69, 9.17) is 4.74 Å². The smallest absolute Gasteiger partial charge is 0.339 e. The number of nitro benzene ring substituents is 1. The number of nitro groups is 1. The quantitative estimate of drug-likeness (QED) is 0.466. The molecular formula is C20H23N5O4. The standard InChI is InChI=1S/C20H23N5O4/c1-2-29-20(26)14-3-6-18(22-13-14)23-9-11-24(12-10-23)19-15-7-8-21-16(15)4-5-17(19)25(27)28/h3-6,13,21H,2,7-12H2,1H3. The Kier molecular flexibility index (Phi) is 5.20. The maximum Gasteiger partial charge on any atom is 0.339 e. The van der Waals surface area contributed by atoms with E-state index in [1.54, 1.807) is 25.1 Å². The minimum absolute atomic E-state index is 0.165. The molecule has 2 aromatic rings. The number of nitrogens with zero attached hydrogens (tertiary/aromatic N) is 4. The van der Waals surface area contributed by atoms with Crippen LogP contribution < -0.4 is 15.1 Å². The predicted octanol–water partition coefficient (Wildman–Crippen LogP) is 2.46. The maximum absolute atomic E-state index is 11.8. The van der Waals surface area contributed by atoms with Crippen LogP contribution in [0.3, 0.4) is 0 Å². The second kappa shape index (κ2) is 7.94. The number of esters is 1. The van der Waals surface area contributed by atoms with Gasteiger partial charge in [-0.05, 0) is 31.5 Å². The van der Waals surface area contributed by atoms with Crippen LogP contribution in [0.15, 0.2) is 30.5 Å². The van der Waals surface area contributed by atoms with Crippen LogP contribution in [-0.2, 0) is 11.2 Å². The average molecular weight is 397 g/mol. The maximum atomic E-state index is 11.8. The Bertz CT molecular complexity index is 923. The van der Waals surface area contributed by atoms with Crippen molar-refractivity contribution in [3.8, 4) is 0 Å². The molecule has 1 fully saturated rings. The van der Waals surface area contributed by atoms with Crippen molar-refractivity contribution < 1.29 is 14.5 Å². The number of piperazine rings is 1. The lowest BCUT2D eigenvalue weighted by Crippen LogP contribution is -2.47. The highest BCUT2D eigenvalue weighted by Gasteiger charge is 2.30. The van der Waals surface area contributed by atoms with Crippen molar-refractivity contribution in [3.05, 3.63) is 51.7 Å². The molecule has 0 spiro atoms. The molecule has 0 unspecified atom stereocenters. The number of nitrogens with one attached hydrogen (secondary N) is 1. The molecule has 0 amide bonds. The molecule has 29 heavy (non-hydrogen) atoms. The Morgan fingerprint density at radius 1 is 1.21 bits per heavy atom. The van der Waals surface area contributed by atoms with E-state index in [1.807, 2.05) is 6.07 Å². The molecule has 9 heteroatoms. The third-order valence-electron chi connectivity index (χ3n) is 5.33. The van der Waals surface area contributed by atoms with Crippen molar-refractivity contribution in [2.24, 2.45) is 0 Å². The van der Waals surface area contributed by atoms with E-state index in [2.05, 4.69) is 20.1 Å². The Labute approximate surface area is 168 Å². The first-order valence-electron chi connectivity index (χ1n) is 9.75. The summed E-state index contributed by atoms with van der Waals surface area (Å²) in [5.74, 6) is 0.405. The lowest BCUT2D eigenvalue weighted by Gasteiger charge is -2.37. The van der Waals surface area contributed by atoms with Gasteiger partial charge in [-0.25, -0.2) is 9.78 Å². The van der Waals surface area contributed by atoms with Crippen LogP contribution in [-0.4, -0.2) is 55.2 Å². The third kappa shape index (κ3) is 3.67. The zero-order chi connectivity index (χ0) is 20.4. The van der Waals surface area contributed by atoms with Crippen molar-refractivity contribution in [2.75, 3.05) is 54.4 Å². The molecule has 0 aliphatic carbocycles. The van der Waals surface area contributed by atoms with Gasteiger partial charge in [0.05, 0.1) is 17.1 Å². The summed E-state index contributed by atoms with van der Waals surface area (Å²) in [6, 6.07) is 6.92. The SMILES string of the molecule is CCOC(=O)c1ccc(N2CCN(c3c([N+](=O)[O-])ccc4c3CCN4)CC2)nc1. The van der Waals surface area contributed by atoms with E-state index in [0.29, 0.717) is 38.3 Å². The molecule has 4 rings (SSSR count). The number of hydrogen-bond donors (Lipinski definition) is 1.